The van der Waals surface area contributed by atoms with Crippen LogP contribution in [0.3, 0.4) is 0 Å². The second kappa shape index (κ2) is 15.8. The summed E-state index contributed by atoms with van der Waals surface area (Å²) in [4.78, 5) is 37.0. The van der Waals surface area contributed by atoms with Gasteiger partial charge in [0, 0.05) is 12.5 Å². The van der Waals surface area contributed by atoms with Gasteiger partial charge in [0.25, 0.3) is 0 Å². The lowest BCUT2D eigenvalue weighted by atomic mass is 9.95. The zero-order chi connectivity index (χ0) is 23.8. The Morgan fingerprint density at radius 3 is 2.47 bits per heavy atom. The minimum Gasteiger partial charge on any atom is -0.464 e. The van der Waals surface area contributed by atoms with E-state index in [-0.39, 0.29) is 55.9 Å². The quantitative estimate of drug-likeness (QED) is 0.206. The average Bonchev–Trinajstić information content (AvgIpc) is 2.79. The number of benzene rings is 1. The summed E-state index contributed by atoms with van der Waals surface area (Å²) >= 11 is 0. The van der Waals surface area contributed by atoms with E-state index >= 15 is 0 Å². The molecule has 2 amide bonds. The number of carbonyl (C=O) groups is 3. The van der Waals surface area contributed by atoms with Gasteiger partial charge in [-0.15, -0.1) is 13.2 Å². The zero-order valence-corrected chi connectivity index (χ0v) is 18.9. The lowest BCUT2D eigenvalue weighted by Gasteiger charge is -2.18. The van der Waals surface area contributed by atoms with E-state index in [1.807, 2.05) is 30.3 Å². The molecule has 0 unspecified atom stereocenters. The predicted octanol–water partition coefficient (Wildman–Crippen LogP) is 2.55. The molecule has 1 rings (SSSR count). The largest absolute Gasteiger partial charge is 0.464 e. The van der Waals surface area contributed by atoms with Crippen molar-refractivity contribution in [1.82, 2.24) is 10.6 Å². The lowest BCUT2D eigenvalue weighted by molar-refractivity contribution is -0.149. The van der Waals surface area contributed by atoms with Crippen molar-refractivity contribution in [2.45, 2.75) is 45.1 Å². The van der Waals surface area contributed by atoms with Crippen molar-refractivity contribution in [1.29, 1.82) is 0 Å². The minimum absolute atomic E-state index is 0.0112. The van der Waals surface area contributed by atoms with E-state index < -0.39 is 5.92 Å². The SMILES string of the molecule is C=CCC[C@H](Cc1ccccc1)C(=O)OCCNC(=O)[C@H](CC=C)CC(=O)N[C@@H](C)CO. The Morgan fingerprint density at radius 2 is 1.84 bits per heavy atom. The highest BCUT2D eigenvalue weighted by molar-refractivity contribution is 5.86. The van der Waals surface area contributed by atoms with E-state index in [9.17, 15) is 14.4 Å². The summed E-state index contributed by atoms with van der Waals surface area (Å²) in [5.41, 5.74) is 1.06. The number of rotatable bonds is 16. The van der Waals surface area contributed by atoms with E-state index in [0.29, 0.717) is 25.7 Å². The van der Waals surface area contributed by atoms with Crippen LogP contribution in [0.25, 0.3) is 0 Å². The van der Waals surface area contributed by atoms with E-state index in [1.54, 1.807) is 19.1 Å². The summed E-state index contributed by atoms with van der Waals surface area (Å²) in [6, 6.07) is 9.38. The van der Waals surface area contributed by atoms with Crippen LogP contribution in [0.4, 0.5) is 0 Å². The second-order valence-corrected chi connectivity index (χ2v) is 7.79. The molecule has 0 aliphatic heterocycles. The maximum Gasteiger partial charge on any atom is 0.309 e. The Balaban J connectivity index is 2.50. The summed E-state index contributed by atoms with van der Waals surface area (Å²) < 4.78 is 5.40. The molecule has 0 fully saturated rings. The Morgan fingerprint density at radius 1 is 1.12 bits per heavy atom. The van der Waals surface area contributed by atoms with E-state index in [1.165, 1.54) is 0 Å². The molecule has 0 saturated carbocycles. The van der Waals surface area contributed by atoms with E-state index in [0.717, 1.165) is 5.56 Å². The van der Waals surface area contributed by atoms with Crippen molar-refractivity contribution in [2.24, 2.45) is 11.8 Å². The van der Waals surface area contributed by atoms with Gasteiger partial charge in [0.05, 0.1) is 25.0 Å². The van der Waals surface area contributed by atoms with Gasteiger partial charge in [-0.05, 0) is 38.2 Å². The molecule has 0 aliphatic carbocycles. The summed E-state index contributed by atoms with van der Waals surface area (Å²) in [7, 11) is 0. The summed E-state index contributed by atoms with van der Waals surface area (Å²) in [6.07, 6.45) is 5.64. The van der Waals surface area contributed by atoms with Gasteiger partial charge in [0.15, 0.2) is 0 Å². The highest BCUT2D eigenvalue weighted by Crippen LogP contribution is 2.16. The van der Waals surface area contributed by atoms with Gasteiger partial charge in [-0.2, -0.15) is 0 Å². The summed E-state index contributed by atoms with van der Waals surface area (Å²) in [6.45, 7) is 9.07. The van der Waals surface area contributed by atoms with Crippen LogP contribution in [0.1, 0.15) is 38.2 Å². The van der Waals surface area contributed by atoms with Gasteiger partial charge in [-0.25, -0.2) is 0 Å². The average molecular weight is 445 g/mol. The molecule has 32 heavy (non-hydrogen) atoms. The highest BCUT2D eigenvalue weighted by atomic mass is 16.5. The smallest absolute Gasteiger partial charge is 0.309 e. The molecule has 0 spiro atoms. The topological polar surface area (TPSA) is 105 Å². The van der Waals surface area contributed by atoms with Crippen molar-refractivity contribution in [3.8, 4) is 0 Å². The molecule has 1 aromatic rings. The molecule has 0 aromatic heterocycles. The Bertz CT molecular complexity index is 735. The maximum atomic E-state index is 12.6. The third-order valence-corrected chi connectivity index (χ3v) is 4.96. The number of aliphatic hydroxyl groups is 1. The molecule has 7 heteroatoms. The fraction of sp³-hybridized carbons (Fsp3) is 0.480. The number of esters is 1. The molecule has 3 N–H and O–H groups in total. The van der Waals surface area contributed by atoms with Gasteiger partial charge in [0.1, 0.15) is 6.61 Å². The number of carbonyl (C=O) groups excluding carboxylic acids is 3. The molecule has 0 bridgehead atoms. The lowest BCUT2D eigenvalue weighted by Crippen LogP contribution is -2.39. The predicted molar refractivity (Wildman–Crippen MR) is 125 cm³/mol. The van der Waals surface area contributed by atoms with E-state index in [4.69, 9.17) is 9.84 Å². The number of ether oxygens (including phenoxy) is 1. The van der Waals surface area contributed by atoms with Crippen LogP contribution in [0.2, 0.25) is 0 Å². The van der Waals surface area contributed by atoms with Gasteiger partial charge in [-0.1, -0.05) is 42.5 Å². The van der Waals surface area contributed by atoms with Crippen LogP contribution in [-0.2, 0) is 25.5 Å². The number of allylic oxidation sites excluding steroid dienone is 2. The Labute approximate surface area is 190 Å². The third-order valence-electron chi connectivity index (χ3n) is 4.96. The van der Waals surface area contributed by atoms with Crippen LogP contribution in [0, 0.1) is 11.8 Å². The van der Waals surface area contributed by atoms with Crippen molar-refractivity contribution < 1.29 is 24.2 Å². The van der Waals surface area contributed by atoms with Crippen molar-refractivity contribution in [3.63, 3.8) is 0 Å². The molecule has 3 atom stereocenters. The summed E-state index contributed by atoms with van der Waals surface area (Å²) in [5, 5.41) is 14.4. The molecule has 0 radical (unpaired) electrons. The van der Waals surface area contributed by atoms with Crippen molar-refractivity contribution in [2.75, 3.05) is 19.8 Å². The number of nitrogens with one attached hydrogen (secondary N) is 2. The Kier molecular flexibility index (Phi) is 13.4. The van der Waals surface area contributed by atoms with Gasteiger partial charge in [0.2, 0.25) is 11.8 Å². The molecule has 176 valence electrons. The normalized spacial score (nSPS) is 13.3. The van der Waals surface area contributed by atoms with E-state index in [2.05, 4.69) is 23.8 Å². The summed E-state index contributed by atoms with van der Waals surface area (Å²) in [5.74, 6) is -1.78. The highest BCUT2D eigenvalue weighted by Gasteiger charge is 2.22. The first-order valence-electron chi connectivity index (χ1n) is 11.0. The fourth-order valence-corrected chi connectivity index (χ4v) is 3.20. The zero-order valence-electron chi connectivity index (χ0n) is 18.9. The van der Waals surface area contributed by atoms with Gasteiger partial charge in [-0.3, -0.25) is 14.4 Å². The van der Waals surface area contributed by atoms with Crippen molar-refractivity contribution in [3.05, 3.63) is 61.2 Å². The number of aliphatic hydroxyl groups excluding tert-OH is 1. The molecular formula is C25H36N2O5. The monoisotopic (exact) mass is 444 g/mol. The second-order valence-electron chi connectivity index (χ2n) is 7.79. The van der Waals surface area contributed by atoms with Crippen molar-refractivity contribution >= 4 is 17.8 Å². The third kappa shape index (κ3) is 10.9. The molecular weight excluding hydrogens is 408 g/mol. The van der Waals surface area contributed by atoms with Crippen LogP contribution >= 0.6 is 0 Å². The minimum atomic E-state index is -0.576. The number of hydrogen-bond donors (Lipinski definition) is 3. The van der Waals surface area contributed by atoms with Crippen LogP contribution < -0.4 is 10.6 Å². The van der Waals surface area contributed by atoms with Crippen LogP contribution in [0.5, 0.6) is 0 Å². The van der Waals surface area contributed by atoms with Crippen LogP contribution in [-0.4, -0.2) is 48.7 Å². The first-order chi connectivity index (χ1) is 15.4. The van der Waals surface area contributed by atoms with Crippen LogP contribution in [0.15, 0.2) is 55.6 Å². The molecule has 0 saturated heterocycles. The number of hydrogen-bond acceptors (Lipinski definition) is 5. The maximum absolute atomic E-state index is 12.6. The molecule has 0 aliphatic rings. The molecule has 1 aromatic carbocycles. The van der Waals surface area contributed by atoms with Gasteiger partial charge >= 0.3 is 5.97 Å². The number of amides is 2. The Hall–Kier alpha value is -2.93. The first-order valence-corrected chi connectivity index (χ1v) is 11.0. The standard InChI is InChI=1S/C25H36N2O5/c1-4-6-13-22(16-20-11-8-7-9-12-20)25(31)32-15-14-26-24(30)21(10-5-2)17-23(29)27-19(3)18-28/h4-5,7-9,11-12,19,21-22,28H,1-2,6,10,13-18H2,3H3,(H,26,30)(H,27,29)/t19-,21+,22+/m0/s1. The van der Waals surface area contributed by atoms with Gasteiger partial charge < -0.3 is 20.5 Å². The fourth-order valence-electron chi connectivity index (χ4n) is 3.20. The molecule has 7 nitrogen and oxygen atoms in total. The molecule has 0 heterocycles. The first kappa shape index (κ1) is 27.1.